The first-order chi connectivity index (χ1) is 6.75. The maximum atomic E-state index is 11.3. The Morgan fingerprint density at radius 3 is 3.07 bits per heavy atom. The van der Waals surface area contributed by atoms with E-state index in [2.05, 4.69) is 4.90 Å². The van der Waals surface area contributed by atoms with Crippen molar-refractivity contribution < 1.29 is 9.53 Å². The van der Waals surface area contributed by atoms with E-state index in [4.69, 9.17) is 4.74 Å². The minimum atomic E-state index is 0.227. The summed E-state index contributed by atoms with van der Waals surface area (Å²) < 4.78 is 5.59. The Labute approximate surface area is 85.4 Å². The molecule has 80 valence electrons. The van der Waals surface area contributed by atoms with Gasteiger partial charge >= 0.3 is 0 Å². The van der Waals surface area contributed by atoms with Gasteiger partial charge in [0.15, 0.2) is 0 Å². The number of ether oxygens (including phenoxy) is 1. The van der Waals surface area contributed by atoms with Gasteiger partial charge < -0.3 is 4.74 Å². The molecule has 14 heavy (non-hydrogen) atoms. The Morgan fingerprint density at radius 2 is 2.43 bits per heavy atom. The first-order valence-electron chi connectivity index (χ1n) is 5.62. The maximum absolute atomic E-state index is 11.3. The van der Waals surface area contributed by atoms with Gasteiger partial charge in [0.2, 0.25) is 0 Å². The zero-order valence-corrected chi connectivity index (χ0v) is 8.87. The fraction of sp³-hybridized carbons (Fsp3) is 0.909. The number of carbonyl (C=O) groups is 1. The smallest absolute Gasteiger partial charge is 0.138 e. The van der Waals surface area contributed by atoms with Gasteiger partial charge in [-0.3, -0.25) is 9.69 Å². The summed E-state index contributed by atoms with van der Waals surface area (Å²) in [7, 11) is 0. The third kappa shape index (κ3) is 2.34. The van der Waals surface area contributed by atoms with Crippen LogP contribution in [0.5, 0.6) is 0 Å². The van der Waals surface area contributed by atoms with Crippen LogP contribution in [0.1, 0.15) is 26.2 Å². The number of rotatable bonds is 2. The van der Waals surface area contributed by atoms with Crippen molar-refractivity contribution in [3.05, 3.63) is 0 Å². The molecule has 0 radical (unpaired) electrons. The molecule has 0 N–H and O–H groups in total. The van der Waals surface area contributed by atoms with Crippen LogP contribution in [0, 0.1) is 5.92 Å². The highest BCUT2D eigenvalue weighted by Gasteiger charge is 2.26. The third-order valence-corrected chi connectivity index (χ3v) is 3.24. The van der Waals surface area contributed by atoms with Gasteiger partial charge in [0.1, 0.15) is 5.78 Å². The van der Waals surface area contributed by atoms with Crippen molar-refractivity contribution in [2.45, 2.75) is 32.3 Å². The van der Waals surface area contributed by atoms with E-state index in [0.29, 0.717) is 11.9 Å². The molecule has 3 heteroatoms. The van der Waals surface area contributed by atoms with Crippen LogP contribution in [0.4, 0.5) is 0 Å². The van der Waals surface area contributed by atoms with Gasteiger partial charge in [-0.15, -0.1) is 0 Å². The summed E-state index contributed by atoms with van der Waals surface area (Å²) in [5.41, 5.74) is 0. The van der Waals surface area contributed by atoms with Gasteiger partial charge in [-0.05, 0) is 12.8 Å². The number of piperidine rings is 1. The number of carbonyl (C=O) groups excluding carboxylic acids is 1. The Hall–Kier alpha value is -0.410. The van der Waals surface area contributed by atoms with Crippen LogP contribution in [-0.2, 0) is 9.53 Å². The molecule has 0 aromatic rings. The lowest BCUT2D eigenvalue weighted by molar-refractivity contribution is -0.126. The Kier molecular flexibility index (Phi) is 3.19. The van der Waals surface area contributed by atoms with Crippen molar-refractivity contribution in [2.24, 2.45) is 5.92 Å². The number of nitrogens with zero attached hydrogens (tertiary/aromatic N) is 1. The van der Waals surface area contributed by atoms with Crippen LogP contribution in [0.2, 0.25) is 0 Å². The molecule has 2 saturated heterocycles. The number of ketones is 1. The summed E-state index contributed by atoms with van der Waals surface area (Å²) in [6, 6.07) is 0. The summed E-state index contributed by atoms with van der Waals surface area (Å²) in [5.74, 6) is 0.652. The van der Waals surface area contributed by atoms with E-state index in [0.717, 1.165) is 32.7 Å². The van der Waals surface area contributed by atoms with Crippen LogP contribution in [0.15, 0.2) is 0 Å². The first kappa shape index (κ1) is 10.1. The van der Waals surface area contributed by atoms with Crippen molar-refractivity contribution in [1.29, 1.82) is 0 Å². The lowest BCUT2D eigenvalue weighted by Gasteiger charge is -2.31. The standard InChI is InChI=1S/C11H19NO2/c1-9-7-12(5-4-11(9)13)8-10-3-2-6-14-10/h9-10H,2-8H2,1H3/t9-,10+/m0/s1. The monoisotopic (exact) mass is 197 g/mol. The molecule has 2 aliphatic heterocycles. The minimum absolute atomic E-state index is 0.227. The van der Waals surface area contributed by atoms with Crippen LogP contribution in [0.25, 0.3) is 0 Å². The number of likely N-dealkylation sites (tertiary alicyclic amines) is 1. The average Bonchev–Trinajstić information content (AvgIpc) is 2.64. The van der Waals surface area contributed by atoms with Crippen molar-refractivity contribution >= 4 is 5.78 Å². The Bertz CT molecular complexity index is 211. The second-order valence-corrected chi connectivity index (χ2v) is 4.51. The second-order valence-electron chi connectivity index (χ2n) is 4.51. The number of Topliss-reactive ketones (excluding diaryl/α,β-unsaturated/α-hetero) is 1. The number of hydrogen-bond donors (Lipinski definition) is 0. The van der Waals surface area contributed by atoms with Crippen LogP contribution < -0.4 is 0 Å². The quantitative estimate of drug-likeness (QED) is 0.663. The molecule has 0 saturated carbocycles. The van der Waals surface area contributed by atoms with Gasteiger partial charge in [0.25, 0.3) is 0 Å². The normalized spacial score (nSPS) is 35.1. The molecular weight excluding hydrogens is 178 g/mol. The molecule has 0 aromatic carbocycles. The summed E-state index contributed by atoms with van der Waals surface area (Å²) in [5, 5.41) is 0. The molecule has 2 rings (SSSR count). The molecule has 0 unspecified atom stereocenters. The van der Waals surface area contributed by atoms with Gasteiger partial charge in [-0.25, -0.2) is 0 Å². The van der Waals surface area contributed by atoms with E-state index in [9.17, 15) is 4.79 Å². The maximum Gasteiger partial charge on any atom is 0.138 e. The zero-order chi connectivity index (χ0) is 9.97. The zero-order valence-electron chi connectivity index (χ0n) is 8.87. The highest BCUT2D eigenvalue weighted by molar-refractivity contribution is 5.81. The Morgan fingerprint density at radius 1 is 1.57 bits per heavy atom. The predicted octanol–water partition coefficient (Wildman–Crippen LogP) is 1.08. The molecule has 2 atom stereocenters. The van der Waals surface area contributed by atoms with Crippen molar-refractivity contribution in [3.8, 4) is 0 Å². The van der Waals surface area contributed by atoms with Crippen molar-refractivity contribution in [3.63, 3.8) is 0 Å². The van der Waals surface area contributed by atoms with E-state index in [1.54, 1.807) is 0 Å². The molecule has 3 nitrogen and oxygen atoms in total. The van der Waals surface area contributed by atoms with Gasteiger partial charge in [-0.2, -0.15) is 0 Å². The lowest BCUT2D eigenvalue weighted by atomic mass is 9.98. The van der Waals surface area contributed by atoms with Crippen LogP contribution >= 0.6 is 0 Å². The van der Waals surface area contributed by atoms with Gasteiger partial charge in [0, 0.05) is 38.6 Å². The molecule has 2 aliphatic rings. The lowest BCUT2D eigenvalue weighted by Crippen LogP contribution is -2.43. The molecule has 0 aliphatic carbocycles. The molecule has 0 bridgehead atoms. The van der Waals surface area contributed by atoms with Crippen LogP contribution in [-0.4, -0.2) is 43.0 Å². The third-order valence-electron chi connectivity index (χ3n) is 3.24. The highest BCUT2D eigenvalue weighted by Crippen LogP contribution is 2.17. The topological polar surface area (TPSA) is 29.5 Å². The molecule has 0 spiro atoms. The fourth-order valence-electron chi connectivity index (χ4n) is 2.34. The fourth-order valence-corrected chi connectivity index (χ4v) is 2.34. The van der Waals surface area contributed by atoms with Crippen molar-refractivity contribution in [1.82, 2.24) is 4.90 Å². The molecular formula is C11H19NO2. The SMILES string of the molecule is C[C@H]1CN(C[C@H]2CCCO2)CCC1=O. The van der Waals surface area contributed by atoms with Gasteiger partial charge in [0.05, 0.1) is 6.10 Å². The first-order valence-corrected chi connectivity index (χ1v) is 5.62. The van der Waals surface area contributed by atoms with E-state index < -0.39 is 0 Å². The predicted molar refractivity (Wildman–Crippen MR) is 54.2 cm³/mol. The summed E-state index contributed by atoms with van der Waals surface area (Å²) >= 11 is 0. The summed E-state index contributed by atoms with van der Waals surface area (Å²) in [6.07, 6.45) is 3.55. The molecule has 2 fully saturated rings. The highest BCUT2D eigenvalue weighted by atomic mass is 16.5. The summed E-state index contributed by atoms with van der Waals surface area (Å²) in [4.78, 5) is 13.7. The van der Waals surface area contributed by atoms with E-state index in [-0.39, 0.29) is 5.92 Å². The van der Waals surface area contributed by atoms with E-state index in [1.807, 2.05) is 6.92 Å². The minimum Gasteiger partial charge on any atom is -0.377 e. The van der Waals surface area contributed by atoms with Crippen LogP contribution in [0.3, 0.4) is 0 Å². The molecule has 2 heterocycles. The van der Waals surface area contributed by atoms with E-state index >= 15 is 0 Å². The largest absolute Gasteiger partial charge is 0.377 e. The summed E-state index contributed by atoms with van der Waals surface area (Å²) in [6.45, 7) is 5.84. The molecule has 0 amide bonds. The molecule has 0 aromatic heterocycles. The number of hydrogen-bond acceptors (Lipinski definition) is 3. The van der Waals surface area contributed by atoms with Gasteiger partial charge in [-0.1, -0.05) is 6.92 Å². The van der Waals surface area contributed by atoms with E-state index in [1.165, 1.54) is 12.8 Å². The van der Waals surface area contributed by atoms with Crippen molar-refractivity contribution in [2.75, 3.05) is 26.2 Å². The Balaban J connectivity index is 1.78. The second kappa shape index (κ2) is 4.41. The average molecular weight is 197 g/mol.